The molecule has 8 N–H and O–H groups in total. The molecule has 0 spiro atoms. The zero-order valence-corrected chi connectivity index (χ0v) is 31.1. The number of rotatable bonds is 6. The second-order valence-electron chi connectivity index (χ2n) is 13.4. The van der Waals surface area contributed by atoms with Crippen molar-refractivity contribution >= 4 is 43.3 Å². The van der Waals surface area contributed by atoms with Crippen LogP contribution in [0.5, 0.6) is 0 Å². The molecule has 1 aliphatic rings. The molecule has 0 aliphatic carbocycles. The lowest BCUT2D eigenvalue weighted by molar-refractivity contribution is 0.376. The normalized spacial score (nSPS) is 13.6. The van der Waals surface area contributed by atoms with Crippen molar-refractivity contribution in [2.24, 2.45) is 0 Å². The predicted molar refractivity (Wildman–Crippen MR) is 217 cm³/mol. The van der Waals surface area contributed by atoms with Crippen LogP contribution in [0.15, 0.2) is 168 Å². The Morgan fingerprint density at radius 2 is 0.625 bits per heavy atom. The van der Waals surface area contributed by atoms with Crippen LogP contribution in [-0.4, -0.2) is 46.6 Å². The summed E-state index contributed by atoms with van der Waals surface area (Å²) in [6.07, 6.45) is 0. The zero-order chi connectivity index (χ0) is 38.6. The molecular weight excluding hydrogens is 745 g/mol. The maximum atomic E-state index is 12.0. The van der Waals surface area contributed by atoms with Crippen molar-refractivity contribution in [1.82, 2.24) is 19.9 Å². The minimum absolute atomic E-state index is 0.00478. The van der Waals surface area contributed by atoms with Gasteiger partial charge in [-0.1, -0.05) is 84.9 Å². The Bertz CT molecular complexity index is 3120. The fraction of sp³-hybridized carbons (Fsp3) is 0. The summed E-state index contributed by atoms with van der Waals surface area (Å²) < 4.78 is 63.6. The Kier molecular flexibility index (Phi) is 8.66. The molecule has 0 radical (unpaired) electrons. The van der Waals surface area contributed by atoms with Crippen molar-refractivity contribution in [3.8, 4) is 0 Å². The summed E-state index contributed by atoms with van der Waals surface area (Å²) in [6.45, 7) is 0. The second kappa shape index (κ2) is 13.7. The van der Waals surface area contributed by atoms with Gasteiger partial charge in [0.15, 0.2) is 0 Å². The van der Waals surface area contributed by atoms with Crippen molar-refractivity contribution in [1.29, 1.82) is 0 Å². The van der Waals surface area contributed by atoms with Crippen LogP contribution in [0, 0.1) is 0 Å². The van der Waals surface area contributed by atoms with Crippen LogP contribution in [0.25, 0.3) is 22.3 Å². The molecule has 4 aromatic carbocycles. The van der Waals surface area contributed by atoms with Gasteiger partial charge in [-0.05, 0) is 95.1 Å². The Balaban J connectivity index is 1.40. The van der Waals surface area contributed by atoms with E-state index in [4.69, 9.17) is 0 Å². The van der Waals surface area contributed by atoms with Gasteiger partial charge in [0.2, 0.25) is 0 Å². The van der Waals surface area contributed by atoms with E-state index in [-0.39, 0.29) is 9.79 Å². The first-order valence-corrected chi connectivity index (χ1v) is 20.5. The Labute approximate surface area is 322 Å². The fourth-order valence-corrected chi connectivity index (χ4v) is 8.36. The van der Waals surface area contributed by atoms with E-state index in [2.05, 4.69) is 56.3 Å². The van der Waals surface area contributed by atoms with Gasteiger partial charge in [-0.3, -0.25) is 4.55 Å². The van der Waals surface area contributed by atoms with Gasteiger partial charge >= 0.3 is 0 Å². The van der Waals surface area contributed by atoms with Crippen LogP contribution in [0.4, 0.5) is 0 Å². The van der Waals surface area contributed by atoms with Gasteiger partial charge in [0.05, 0.1) is 9.79 Å². The zero-order valence-electron chi connectivity index (χ0n) is 29.4. The molecule has 10 nitrogen and oxygen atoms in total. The van der Waals surface area contributed by atoms with E-state index in [0.717, 1.165) is 77.5 Å². The Morgan fingerprint density at radius 3 is 0.929 bits per heavy atom. The van der Waals surface area contributed by atoms with E-state index < -0.39 is 21.0 Å². The number of benzene rings is 4. The topological polar surface area (TPSA) is 178 Å². The molecule has 8 aromatic rings. The SMILES string of the molecule is O=S(=O)(O)c1ccc(C2=c3ccc([nH]3)=C(c3ccccc3)c3ccc([nH]3)C(c3ccccc3)=c3ccc([nH]3)=C(c3ccc(S(O)(O)O)cc3)c3ccc2[nH]3)cc1. The molecule has 9 rings (SSSR count). The fourth-order valence-electron chi connectivity index (χ4n) is 7.38. The van der Waals surface area contributed by atoms with Crippen LogP contribution < -0.4 is 21.4 Å². The van der Waals surface area contributed by atoms with Gasteiger partial charge in [0.1, 0.15) is 10.9 Å². The second-order valence-corrected chi connectivity index (χ2v) is 16.3. The minimum atomic E-state index is -4.42. The van der Waals surface area contributed by atoms with Gasteiger partial charge in [-0.25, -0.2) is 0 Å². The molecule has 0 saturated heterocycles. The number of nitrogens with one attached hydrogen (secondary N) is 4. The quantitative estimate of drug-likeness (QED) is 0.0942. The van der Waals surface area contributed by atoms with E-state index >= 15 is 0 Å². The number of aromatic amines is 4. The van der Waals surface area contributed by atoms with Gasteiger partial charge in [-0.15, -0.1) is 0 Å². The summed E-state index contributed by atoms with van der Waals surface area (Å²) in [5.74, 6) is 0. The number of hydrogen-bond acceptors (Lipinski definition) is 5. The number of aromatic nitrogens is 4. The van der Waals surface area contributed by atoms with Crippen LogP contribution in [0.1, 0.15) is 45.0 Å². The number of H-pyrrole nitrogens is 4. The van der Waals surface area contributed by atoms with Gasteiger partial charge in [0.25, 0.3) is 10.1 Å². The highest BCUT2D eigenvalue weighted by molar-refractivity contribution is 8.19. The minimum Gasteiger partial charge on any atom is -0.354 e. The summed E-state index contributed by atoms with van der Waals surface area (Å²) >= 11 is 0. The monoisotopic (exact) mass is 778 g/mol. The molecule has 4 aromatic heterocycles. The number of hydrogen-bond donors (Lipinski definition) is 8. The molecule has 0 amide bonds. The highest BCUT2D eigenvalue weighted by atomic mass is 32.3. The summed E-state index contributed by atoms with van der Waals surface area (Å²) in [4.78, 5) is 14.5. The van der Waals surface area contributed by atoms with Crippen molar-refractivity contribution in [2.75, 3.05) is 0 Å². The summed E-state index contributed by atoms with van der Waals surface area (Å²) in [6, 6.07) is 48.8. The Morgan fingerprint density at radius 1 is 0.321 bits per heavy atom. The molecular formula is C44H34N4O6S2. The van der Waals surface area contributed by atoms with Gasteiger partial charge in [0, 0.05) is 66.5 Å². The largest absolute Gasteiger partial charge is 0.354 e. The predicted octanol–water partition coefficient (Wildman–Crippen LogP) is 6.13. The first-order valence-electron chi connectivity index (χ1n) is 17.6. The lowest BCUT2D eigenvalue weighted by atomic mass is 10.0. The highest BCUT2D eigenvalue weighted by Crippen LogP contribution is 2.43. The smallest absolute Gasteiger partial charge is 0.294 e. The molecule has 0 unspecified atom stereocenters. The van der Waals surface area contributed by atoms with E-state index in [1.165, 1.54) is 24.3 Å². The molecule has 12 heteroatoms. The van der Waals surface area contributed by atoms with Gasteiger partial charge in [-0.2, -0.15) is 8.42 Å². The Hall–Kier alpha value is -6.38. The van der Waals surface area contributed by atoms with Crippen LogP contribution >= 0.6 is 10.9 Å². The van der Waals surface area contributed by atoms with E-state index in [0.29, 0.717) is 11.3 Å². The molecule has 8 bridgehead atoms. The standard InChI is InChI=1S/C44H34N4O6S2/c49-55(50,51)31-15-11-29(12-16-31)43-37-23-21-35(46-37)41(27-7-3-1-4-8-27)33-19-20-34(45-33)42(28-9-5-2-6-10-28)36-22-24-38(47-36)44(40-26-25-39(43)48-40)30-13-17-32(18-14-30)56(52,53)54/h1-26,45-51H,(H,52,53,54). The average molecular weight is 779 g/mol. The van der Waals surface area contributed by atoms with Crippen LogP contribution in [0.3, 0.4) is 0 Å². The molecule has 0 fully saturated rings. The molecule has 0 atom stereocenters. The van der Waals surface area contributed by atoms with E-state index in [1.807, 2.05) is 72.8 Å². The molecule has 278 valence electrons. The van der Waals surface area contributed by atoms with Gasteiger partial charge < -0.3 is 33.6 Å². The lowest BCUT2D eigenvalue weighted by Gasteiger charge is -2.19. The summed E-state index contributed by atoms with van der Waals surface area (Å²) in [7, 11) is -8.35. The summed E-state index contributed by atoms with van der Waals surface area (Å²) in [5.41, 5.74) is 10.0. The van der Waals surface area contributed by atoms with Crippen LogP contribution in [-0.2, 0) is 10.1 Å². The third kappa shape index (κ3) is 6.56. The first-order chi connectivity index (χ1) is 27.0. The molecule has 1 aliphatic heterocycles. The van der Waals surface area contributed by atoms with Crippen molar-refractivity contribution in [3.63, 3.8) is 0 Å². The molecule has 0 saturated carbocycles. The van der Waals surface area contributed by atoms with Crippen LogP contribution in [0.2, 0.25) is 0 Å². The summed E-state index contributed by atoms with van der Waals surface area (Å²) in [5, 5.41) is 3.21. The third-order valence-corrected chi connectivity index (χ3v) is 11.7. The van der Waals surface area contributed by atoms with Crippen molar-refractivity contribution < 1.29 is 26.6 Å². The number of fused-ring (bicyclic) bond motifs is 8. The lowest BCUT2D eigenvalue weighted by Crippen LogP contribution is -2.19. The van der Waals surface area contributed by atoms with E-state index in [9.17, 15) is 26.6 Å². The van der Waals surface area contributed by atoms with E-state index in [1.54, 1.807) is 24.3 Å². The van der Waals surface area contributed by atoms with Crippen molar-refractivity contribution in [2.45, 2.75) is 9.79 Å². The third-order valence-electron chi connectivity index (χ3n) is 9.92. The average Bonchev–Trinajstić information content (AvgIpc) is 4.03. The first kappa shape index (κ1) is 35.3. The maximum absolute atomic E-state index is 12.0. The maximum Gasteiger partial charge on any atom is 0.294 e. The molecule has 5 heterocycles. The molecule has 56 heavy (non-hydrogen) atoms. The highest BCUT2D eigenvalue weighted by Gasteiger charge is 2.20. The van der Waals surface area contributed by atoms with Crippen molar-refractivity contribution in [3.05, 3.63) is 224 Å².